The zero-order valence-corrected chi connectivity index (χ0v) is 14.9. The molecule has 128 valence electrons. The molecule has 1 aliphatic heterocycles. The molecular formula is C17H26ClN3O2. The highest BCUT2D eigenvalue weighted by atomic mass is 35.5. The first-order valence-electron chi connectivity index (χ1n) is 7.96. The summed E-state index contributed by atoms with van der Waals surface area (Å²) in [6, 6.07) is 5.96. The number of hydrogen-bond acceptors (Lipinski definition) is 4. The quantitative estimate of drug-likeness (QED) is 0.833. The molecule has 1 aliphatic rings. The maximum atomic E-state index is 11.2. The lowest BCUT2D eigenvalue weighted by atomic mass is 9.94. The maximum absolute atomic E-state index is 11.2. The van der Waals surface area contributed by atoms with Gasteiger partial charge in [0.05, 0.1) is 5.41 Å². The van der Waals surface area contributed by atoms with E-state index < -0.39 is 11.4 Å². The van der Waals surface area contributed by atoms with Gasteiger partial charge in [-0.1, -0.05) is 17.7 Å². The molecule has 2 rings (SSSR count). The van der Waals surface area contributed by atoms with Crippen molar-refractivity contribution in [3.63, 3.8) is 0 Å². The molecule has 1 heterocycles. The van der Waals surface area contributed by atoms with Gasteiger partial charge in [-0.3, -0.25) is 4.79 Å². The molecule has 2 N–H and O–H groups in total. The Morgan fingerprint density at radius 1 is 1.30 bits per heavy atom. The van der Waals surface area contributed by atoms with E-state index in [1.165, 1.54) is 0 Å². The van der Waals surface area contributed by atoms with Gasteiger partial charge in [-0.05, 0) is 33.0 Å². The number of carboxylic acids is 1. The molecule has 0 radical (unpaired) electrons. The number of hydrogen-bond donors (Lipinski definition) is 2. The van der Waals surface area contributed by atoms with Crippen LogP contribution in [0.25, 0.3) is 0 Å². The number of anilines is 1. The minimum absolute atomic E-state index is 0.399. The molecule has 0 unspecified atom stereocenters. The molecule has 6 heteroatoms. The second-order valence-electron chi connectivity index (χ2n) is 6.82. The first kappa shape index (κ1) is 18.0. The van der Waals surface area contributed by atoms with Crippen LogP contribution in [-0.2, 0) is 11.3 Å². The van der Waals surface area contributed by atoms with Crippen molar-refractivity contribution >= 4 is 23.3 Å². The van der Waals surface area contributed by atoms with Gasteiger partial charge in [0, 0.05) is 55.5 Å². The van der Waals surface area contributed by atoms with Gasteiger partial charge in [0.2, 0.25) is 0 Å². The molecule has 5 nitrogen and oxygen atoms in total. The SMILES string of the molecule is CN1CCN(c2cccc(Cl)c2CNCC(C)(C)C(=O)O)CC1. The largest absolute Gasteiger partial charge is 0.481 e. The van der Waals surface area contributed by atoms with E-state index in [0.29, 0.717) is 13.1 Å². The first-order valence-corrected chi connectivity index (χ1v) is 8.34. The number of nitrogens with zero attached hydrogens (tertiary/aromatic N) is 2. The zero-order chi connectivity index (χ0) is 17.0. The Hall–Kier alpha value is -1.30. The van der Waals surface area contributed by atoms with Gasteiger partial charge in [0.25, 0.3) is 0 Å². The van der Waals surface area contributed by atoms with Crippen molar-refractivity contribution < 1.29 is 9.90 Å². The average molecular weight is 340 g/mol. The topological polar surface area (TPSA) is 55.8 Å². The molecule has 1 fully saturated rings. The molecular weight excluding hydrogens is 314 g/mol. The van der Waals surface area contributed by atoms with E-state index >= 15 is 0 Å². The van der Waals surface area contributed by atoms with Crippen molar-refractivity contribution in [2.24, 2.45) is 5.41 Å². The maximum Gasteiger partial charge on any atom is 0.310 e. The molecule has 0 aliphatic carbocycles. The molecule has 23 heavy (non-hydrogen) atoms. The number of nitrogens with one attached hydrogen (secondary N) is 1. The number of likely N-dealkylation sites (N-methyl/N-ethyl adjacent to an activating group) is 1. The fourth-order valence-electron chi connectivity index (χ4n) is 2.64. The van der Waals surface area contributed by atoms with E-state index in [0.717, 1.165) is 42.5 Å². The van der Waals surface area contributed by atoms with Crippen molar-refractivity contribution in [2.45, 2.75) is 20.4 Å². The normalized spacial score (nSPS) is 16.6. The number of carbonyl (C=O) groups is 1. The molecule has 0 aromatic heterocycles. The van der Waals surface area contributed by atoms with E-state index in [-0.39, 0.29) is 0 Å². The third-order valence-corrected chi connectivity index (χ3v) is 4.74. The summed E-state index contributed by atoms with van der Waals surface area (Å²) in [5, 5.41) is 13.2. The van der Waals surface area contributed by atoms with Gasteiger partial charge in [0.1, 0.15) is 0 Å². The van der Waals surface area contributed by atoms with E-state index in [2.05, 4.69) is 28.2 Å². The van der Waals surface area contributed by atoms with Crippen LogP contribution in [0.2, 0.25) is 5.02 Å². The minimum atomic E-state index is -0.802. The van der Waals surface area contributed by atoms with E-state index in [1.54, 1.807) is 13.8 Å². The number of benzene rings is 1. The van der Waals surface area contributed by atoms with Crippen LogP contribution in [0.3, 0.4) is 0 Å². The molecule has 0 amide bonds. The lowest BCUT2D eigenvalue weighted by Gasteiger charge is -2.35. The van der Waals surface area contributed by atoms with Gasteiger partial charge < -0.3 is 20.2 Å². The van der Waals surface area contributed by atoms with Crippen LogP contribution in [0.1, 0.15) is 19.4 Å². The molecule has 0 atom stereocenters. The highest BCUT2D eigenvalue weighted by Gasteiger charge is 2.27. The molecule has 1 aromatic rings. The zero-order valence-electron chi connectivity index (χ0n) is 14.1. The number of aliphatic carboxylic acids is 1. The fourth-order valence-corrected chi connectivity index (χ4v) is 2.88. The first-order chi connectivity index (χ1) is 10.8. The van der Waals surface area contributed by atoms with Crippen LogP contribution < -0.4 is 10.2 Å². The Bertz CT molecular complexity index is 555. The van der Waals surface area contributed by atoms with Crippen molar-refractivity contribution in [3.8, 4) is 0 Å². The lowest BCUT2D eigenvalue weighted by Crippen LogP contribution is -2.45. The third-order valence-electron chi connectivity index (χ3n) is 4.39. The highest BCUT2D eigenvalue weighted by Crippen LogP contribution is 2.28. The van der Waals surface area contributed by atoms with Crippen LogP contribution in [0.15, 0.2) is 18.2 Å². The molecule has 0 spiro atoms. The molecule has 1 saturated heterocycles. The Kier molecular flexibility index (Phi) is 5.89. The summed E-state index contributed by atoms with van der Waals surface area (Å²) in [5.74, 6) is -0.802. The predicted octanol–water partition coefficient (Wildman–Crippen LogP) is 2.29. The Morgan fingerprint density at radius 3 is 2.57 bits per heavy atom. The second-order valence-corrected chi connectivity index (χ2v) is 7.23. The Labute approximate surface area is 143 Å². The summed E-state index contributed by atoms with van der Waals surface area (Å²) in [4.78, 5) is 15.9. The van der Waals surface area contributed by atoms with E-state index in [4.69, 9.17) is 11.6 Å². The number of piperazine rings is 1. The van der Waals surface area contributed by atoms with Crippen LogP contribution in [0.5, 0.6) is 0 Å². The lowest BCUT2D eigenvalue weighted by molar-refractivity contribution is -0.146. The van der Waals surface area contributed by atoms with Gasteiger partial charge in [0.15, 0.2) is 0 Å². The summed E-state index contributed by atoms with van der Waals surface area (Å²) in [5.41, 5.74) is 1.39. The Morgan fingerprint density at radius 2 is 1.96 bits per heavy atom. The van der Waals surface area contributed by atoms with Crippen LogP contribution in [0, 0.1) is 5.41 Å². The summed E-state index contributed by atoms with van der Waals surface area (Å²) in [6.07, 6.45) is 0. The minimum Gasteiger partial charge on any atom is -0.481 e. The van der Waals surface area contributed by atoms with Gasteiger partial charge in [-0.2, -0.15) is 0 Å². The predicted molar refractivity (Wildman–Crippen MR) is 94.3 cm³/mol. The molecule has 1 aromatic carbocycles. The number of rotatable bonds is 6. The second kappa shape index (κ2) is 7.51. The van der Waals surface area contributed by atoms with Crippen LogP contribution in [-0.4, -0.2) is 55.7 Å². The number of halogens is 1. The number of carboxylic acid groups (broad SMARTS) is 1. The molecule has 0 bridgehead atoms. The highest BCUT2D eigenvalue weighted by molar-refractivity contribution is 6.31. The van der Waals surface area contributed by atoms with Gasteiger partial charge in [-0.25, -0.2) is 0 Å². The standard InChI is InChI=1S/C17H26ClN3O2/c1-17(2,16(22)23)12-19-11-13-14(18)5-4-6-15(13)21-9-7-20(3)8-10-21/h4-6,19H,7-12H2,1-3H3,(H,22,23). The van der Waals surface area contributed by atoms with Crippen LogP contribution in [0.4, 0.5) is 5.69 Å². The van der Waals surface area contributed by atoms with Gasteiger partial charge in [-0.15, -0.1) is 0 Å². The smallest absolute Gasteiger partial charge is 0.310 e. The van der Waals surface area contributed by atoms with E-state index in [9.17, 15) is 9.90 Å². The monoisotopic (exact) mass is 339 g/mol. The van der Waals surface area contributed by atoms with Crippen molar-refractivity contribution in [1.29, 1.82) is 0 Å². The van der Waals surface area contributed by atoms with Gasteiger partial charge >= 0.3 is 5.97 Å². The fraction of sp³-hybridized carbons (Fsp3) is 0.588. The van der Waals surface area contributed by atoms with Crippen molar-refractivity contribution in [3.05, 3.63) is 28.8 Å². The van der Waals surface area contributed by atoms with E-state index in [1.807, 2.05) is 12.1 Å². The summed E-state index contributed by atoms with van der Waals surface area (Å²) in [7, 11) is 2.13. The summed E-state index contributed by atoms with van der Waals surface area (Å²) >= 11 is 6.40. The van der Waals surface area contributed by atoms with Crippen LogP contribution >= 0.6 is 11.6 Å². The molecule has 0 saturated carbocycles. The van der Waals surface area contributed by atoms with Crippen molar-refractivity contribution in [2.75, 3.05) is 44.7 Å². The third kappa shape index (κ3) is 4.59. The van der Waals surface area contributed by atoms with Crippen molar-refractivity contribution in [1.82, 2.24) is 10.2 Å². The summed E-state index contributed by atoms with van der Waals surface area (Å²) in [6.45, 7) is 8.42. The summed E-state index contributed by atoms with van der Waals surface area (Å²) < 4.78 is 0. The average Bonchev–Trinajstić information content (AvgIpc) is 2.49. The Balaban J connectivity index is 2.07.